The zero-order valence-electron chi connectivity index (χ0n) is 12.3. The molecule has 0 radical (unpaired) electrons. The van der Waals surface area contributed by atoms with Crippen molar-refractivity contribution in [1.82, 2.24) is 0 Å². The van der Waals surface area contributed by atoms with E-state index in [1.165, 1.54) is 25.3 Å². The van der Waals surface area contributed by atoms with Gasteiger partial charge in [0.2, 0.25) is 5.91 Å². The van der Waals surface area contributed by atoms with E-state index in [0.717, 1.165) is 5.56 Å². The monoisotopic (exact) mass is 301 g/mol. The number of amides is 1. The zero-order valence-corrected chi connectivity index (χ0v) is 12.3. The van der Waals surface area contributed by atoms with E-state index in [4.69, 9.17) is 9.47 Å². The molecular weight excluding hydrogens is 285 g/mol. The first-order valence-corrected chi connectivity index (χ1v) is 6.59. The first-order valence-electron chi connectivity index (χ1n) is 6.59. The highest BCUT2D eigenvalue weighted by atomic mass is 19.1. The number of carbonyl (C=O) groups excluding carboxylic acids is 1. The number of carbonyl (C=O) groups is 1. The predicted octanol–water partition coefficient (Wildman–Crippen LogP) is 3.49. The standard InChI is InChI=1S/C17H16FNO3/c1-21-14-8-9-15(16(11-14)22-2)19-17(20)10-5-12-3-6-13(18)7-4-12/h3-11H,1-2H3,(H,19,20)/b10-5+. The molecule has 0 atom stereocenters. The SMILES string of the molecule is COc1ccc(NC(=O)/C=C/c2ccc(F)cc2)c(OC)c1. The fourth-order valence-corrected chi connectivity index (χ4v) is 1.82. The lowest BCUT2D eigenvalue weighted by Crippen LogP contribution is -2.08. The molecule has 4 nitrogen and oxygen atoms in total. The number of rotatable bonds is 5. The number of anilines is 1. The largest absolute Gasteiger partial charge is 0.497 e. The highest BCUT2D eigenvalue weighted by Crippen LogP contribution is 2.28. The van der Waals surface area contributed by atoms with E-state index in [1.807, 2.05) is 0 Å². The van der Waals surface area contributed by atoms with Crippen LogP contribution in [0.2, 0.25) is 0 Å². The molecule has 2 aromatic carbocycles. The molecule has 0 aliphatic rings. The lowest BCUT2D eigenvalue weighted by atomic mass is 10.2. The highest BCUT2D eigenvalue weighted by molar-refractivity contribution is 6.02. The third-order valence-electron chi connectivity index (χ3n) is 2.96. The minimum absolute atomic E-state index is 0.312. The van der Waals surface area contributed by atoms with Crippen LogP contribution in [0.25, 0.3) is 6.08 Å². The molecule has 0 bridgehead atoms. The number of benzene rings is 2. The van der Waals surface area contributed by atoms with Crippen molar-refractivity contribution in [2.24, 2.45) is 0 Å². The molecule has 114 valence electrons. The Kier molecular flexibility index (Phi) is 5.14. The number of hydrogen-bond acceptors (Lipinski definition) is 3. The van der Waals surface area contributed by atoms with Crippen molar-refractivity contribution < 1.29 is 18.7 Å². The van der Waals surface area contributed by atoms with Crippen molar-refractivity contribution in [2.75, 3.05) is 19.5 Å². The van der Waals surface area contributed by atoms with Crippen molar-refractivity contribution in [2.45, 2.75) is 0 Å². The van der Waals surface area contributed by atoms with E-state index in [0.29, 0.717) is 17.2 Å². The van der Waals surface area contributed by atoms with E-state index >= 15 is 0 Å². The second-order valence-corrected chi connectivity index (χ2v) is 4.44. The normalized spacial score (nSPS) is 10.5. The molecule has 1 N–H and O–H groups in total. The minimum Gasteiger partial charge on any atom is -0.497 e. The summed E-state index contributed by atoms with van der Waals surface area (Å²) in [7, 11) is 3.07. The molecule has 2 aromatic rings. The molecule has 5 heteroatoms. The second-order valence-electron chi connectivity index (χ2n) is 4.44. The quantitative estimate of drug-likeness (QED) is 0.860. The van der Waals surface area contributed by atoms with Gasteiger partial charge in [-0.05, 0) is 35.9 Å². The number of halogens is 1. The molecule has 0 aliphatic carbocycles. The van der Waals surface area contributed by atoms with Crippen LogP contribution < -0.4 is 14.8 Å². The summed E-state index contributed by atoms with van der Waals surface area (Å²) in [5, 5.41) is 2.71. The first kappa shape index (κ1) is 15.6. The summed E-state index contributed by atoms with van der Waals surface area (Å²) in [5.74, 6) is 0.511. The van der Waals surface area contributed by atoms with E-state index in [2.05, 4.69) is 5.32 Å². The second kappa shape index (κ2) is 7.26. The average Bonchev–Trinajstić information content (AvgIpc) is 2.54. The Labute approximate surface area is 128 Å². The number of methoxy groups -OCH3 is 2. The van der Waals surface area contributed by atoms with Crippen molar-refractivity contribution in [1.29, 1.82) is 0 Å². The van der Waals surface area contributed by atoms with Gasteiger partial charge in [-0.3, -0.25) is 4.79 Å². The fourth-order valence-electron chi connectivity index (χ4n) is 1.82. The van der Waals surface area contributed by atoms with Gasteiger partial charge in [0.15, 0.2) is 0 Å². The summed E-state index contributed by atoms with van der Waals surface area (Å²) in [6.07, 6.45) is 2.97. The summed E-state index contributed by atoms with van der Waals surface area (Å²) in [6.45, 7) is 0. The van der Waals surface area contributed by atoms with E-state index in [-0.39, 0.29) is 11.7 Å². The Bertz CT molecular complexity index is 681. The van der Waals surface area contributed by atoms with Crippen LogP contribution >= 0.6 is 0 Å². The Morgan fingerprint density at radius 1 is 1.09 bits per heavy atom. The molecule has 22 heavy (non-hydrogen) atoms. The van der Waals surface area contributed by atoms with E-state index in [1.54, 1.807) is 43.5 Å². The van der Waals surface area contributed by atoms with Crippen LogP contribution in [0.3, 0.4) is 0 Å². The van der Waals surface area contributed by atoms with Crippen LogP contribution in [-0.2, 0) is 4.79 Å². The highest BCUT2D eigenvalue weighted by Gasteiger charge is 2.07. The van der Waals surface area contributed by atoms with Gasteiger partial charge in [-0.25, -0.2) is 4.39 Å². The van der Waals surface area contributed by atoms with Gasteiger partial charge >= 0.3 is 0 Å². The molecule has 0 aliphatic heterocycles. The van der Waals surface area contributed by atoms with Gasteiger partial charge in [0.1, 0.15) is 17.3 Å². The summed E-state index contributed by atoms with van der Waals surface area (Å²) >= 11 is 0. The Balaban J connectivity index is 2.07. The average molecular weight is 301 g/mol. The van der Waals surface area contributed by atoms with Crippen molar-refractivity contribution >= 4 is 17.7 Å². The fraction of sp³-hybridized carbons (Fsp3) is 0.118. The van der Waals surface area contributed by atoms with Gasteiger partial charge in [-0.2, -0.15) is 0 Å². The number of hydrogen-bond donors (Lipinski definition) is 1. The molecule has 0 spiro atoms. The van der Waals surface area contributed by atoms with Gasteiger partial charge in [0.05, 0.1) is 19.9 Å². The van der Waals surface area contributed by atoms with Gasteiger partial charge in [-0.15, -0.1) is 0 Å². The van der Waals surface area contributed by atoms with Crippen molar-refractivity contribution in [3.05, 3.63) is 59.9 Å². The molecule has 0 unspecified atom stereocenters. The van der Waals surface area contributed by atoms with Crippen molar-refractivity contribution in [3.63, 3.8) is 0 Å². The molecule has 0 aromatic heterocycles. The molecule has 0 saturated heterocycles. The van der Waals surface area contributed by atoms with Crippen LogP contribution in [-0.4, -0.2) is 20.1 Å². The first-order chi connectivity index (χ1) is 10.6. The summed E-state index contributed by atoms with van der Waals surface area (Å²) < 4.78 is 23.1. The molecule has 0 saturated carbocycles. The van der Waals surface area contributed by atoms with Gasteiger partial charge in [0.25, 0.3) is 0 Å². The molecule has 2 rings (SSSR count). The molecule has 0 fully saturated rings. The maximum atomic E-state index is 12.8. The van der Waals surface area contributed by atoms with Crippen LogP contribution in [0.1, 0.15) is 5.56 Å². The minimum atomic E-state index is -0.315. The summed E-state index contributed by atoms with van der Waals surface area (Å²) in [5.41, 5.74) is 1.27. The smallest absolute Gasteiger partial charge is 0.248 e. The van der Waals surface area contributed by atoms with Crippen LogP contribution in [0.4, 0.5) is 10.1 Å². The van der Waals surface area contributed by atoms with Gasteiger partial charge in [0, 0.05) is 12.1 Å². The van der Waals surface area contributed by atoms with Crippen LogP contribution in [0, 0.1) is 5.82 Å². The molecule has 0 heterocycles. The number of ether oxygens (including phenoxy) is 2. The lowest BCUT2D eigenvalue weighted by molar-refractivity contribution is -0.111. The summed E-state index contributed by atoms with van der Waals surface area (Å²) in [4.78, 5) is 11.9. The van der Waals surface area contributed by atoms with Crippen LogP contribution in [0.5, 0.6) is 11.5 Å². The third kappa shape index (κ3) is 4.09. The maximum absolute atomic E-state index is 12.8. The Morgan fingerprint density at radius 2 is 1.82 bits per heavy atom. The predicted molar refractivity (Wildman–Crippen MR) is 83.6 cm³/mol. The Hall–Kier alpha value is -2.82. The van der Waals surface area contributed by atoms with Gasteiger partial charge < -0.3 is 14.8 Å². The topological polar surface area (TPSA) is 47.6 Å². The number of nitrogens with one attached hydrogen (secondary N) is 1. The zero-order chi connectivity index (χ0) is 15.9. The van der Waals surface area contributed by atoms with Crippen molar-refractivity contribution in [3.8, 4) is 11.5 Å². The molecular formula is C17H16FNO3. The van der Waals surface area contributed by atoms with E-state index in [9.17, 15) is 9.18 Å². The lowest BCUT2D eigenvalue weighted by Gasteiger charge is -2.10. The maximum Gasteiger partial charge on any atom is 0.248 e. The third-order valence-corrected chi connectivity index (χ3v) is 2.96. The summed E-state index contributed by atoms with van der Waals surface area (Å²) in [6, 6.07) is 11.0. The van der Waals surface area contributed by atoms with E-state index < -0.39 is 0 Å². The Morgan fingerprint density at radius 3 is 2.45 bits per heavy atom. The van der Waals surface area contributed by atoms with Crippen LogP contribution in [0.15, 0.2) is 48.5 Å². The van der Waals surface area contributed by atoms with Gasteiger partial charge in [-0.1, -0.05) is 12.1 Å². The molecule has 1 amide bonds.